The summed E-state index contributed by atoms with van der Waals surface area (Å²) in [5, 5.41) is 0. The third-order valence-electron chi connectivity index (χ3n) is 2.43. The quantitative estimate of drug-likeness (QED) is 0.762. The van der Waals surface area contributed by atoms with Crippen LogP contribution in [0.2, 0.25) is 0 Å². The highest BCUT2D eigenvalue weighted by atomic mass is 19.4. The molecule has 3 nitrogen and oxygen atoms in total. The molecule has 1 fully saturated rings. The summed E-state index contributed by atoms with van der Waals surface area (Å²) < 4.78 is 43.7. The fourth-order valence-electron chi connectivity index (χ4n) is 1.53. The molecule has 0 unspecified atom stereocenters. The van der Waals surface area contributed by atoms with Crippen LogP contribution in [0.5, 0.6) is 0 Å². The minimum atomic E-state index is -4.36. The number of alkyl halides is 3. The fourth-order valence-corrected chi connectivity index (χ4v) is 1.53. The summed E-state index contributed by atoms with van der Waals surface area (Å²) in [4.78, 5) is 3.59. The van der Waals surface area contributed by atoms with E-state index in [9.17, 15) is 13.2 Å². The van der Waals surface area contributed by atoms with Crippen molar-refractivity contribution in [2.24, 2.45) is 0 Å². The molecule has 0 atom stereocenters. The van der Waals surface area contributed by atoms with Gasteiger partial charge >= 0.3 is 6.18 Å². The number of aryl methyl sites for hydroxylation is 1. The van der Waals surface area contributed by atoms with Crippen molar-refractivity contribution < 1.29 is 17.9 Å². The van der Waals surface area contributed by atoms with Gasteiger partial charge in [-0.25, -0.2) is 4.98 Å². The van der Waals surface area contributed by atoms with E-state index in [-0.39, 0.29) is 6.04 Å². The molecule has 0 bridgehead atoms. The molecular weight excluding hydrogens is 209 g/mol. The Morgan fingerprint density at radius 3 is 2.60 bits per heavy atom. The molecule has 2 rings (SSSR count). The van der Waals surface area contributed by atoms with Crippen LogP contribution in [0.15, 0.2) is 6.20 Å². The lowest BCUT2D eigenvalue weighted by Crippen LogP contribution is -2.31. The van der Waals surface area contributed by atoms with E-state index in [1.54, 1.807) is 11.5 Å². The maximum absolute atomic E-state index is 12.4. The van der Waals surface area contributed by atoms with Gasteiger partial charge in [-0.15, -0.1) is 0 Å². The second kappa shape index (κ2) is 3.52. The van der Waals surface area contributed by atoms with Gasteiger partial charge in [0.2, 0.25) is 0 Å². The molecule has 0 saturated carbocycles. The normalized spacial score (nSPS) is 17.9. The van der Waals surface area contributed by atoms with E-state index in [4.69, 9.17) is 4.74 Å². The van der Waals surface area contributed by atoms with E-state index < -0.39 is 11.9 Å². The summed E-state index contributed by atoms with van der Waals surface area (Å²) in [6.07, 6.45) is -2.79. The first kappa shape index (κ1) is 10.5. The first-order chi connectivity index (χ1) is 7.02. The van der Waals surface area contributed by atoms with Crippen LogP contribution in [0, 0.1) is 0 Å². The first-order valence-electron chi connectivity index (χ1n) is 4.75. The van der Waals surface area contributed by atoms with Gasteiger partial charge in [-0.1, -0.05) is 6.92 Å². The van der Waals surface area contributed by atoms with Crippen molar-refractivity contribution in [2.75, 3.05) is 13.2 Å². The average Bonchev–Trinajstić information content (AvgIpc) is 2.44. The Hall–Kier alpha value is -1.04. The summed E-state index contributed by atoms with van der Waals surface area (Å²) in [5.74, 6) is 0.468. The molecule has 1 aliphatic heterocycles. The Morgan fingerprint density at radius 2 is 2.20 bits per heavy atom. The third-order valence-corrected chi connectivity index (χ3v) is 2.43. The van der Waals surface area contributed by atoms with Crippen LogP contribution in [0.3, 0.4) is 0 Å². The highest BCUT2D eigenvalue weighted by Crippen LogP contribution is 2.30. The van der Waals surface area contributed by atoms with Gasteiger partial charge in [0, 0.05) is 12.6 Å². The Bertz CT molecular complexity index is 355. The lowest BCUT2D eigenvalue weighted by molar-refractivity contribution is -0.141. The maximum atomic E-state index is 12.4. The number of rotatable bonds is 2. The zero-order valence-electron chi connectivity index (χ0n) is 8.21. The monoisotopic (exact) mass is 220 g/mol. The van der Waals surface area contributed by atoms with Crippen molar-refractivity contribution in [1.29, 1.82) is 0 Å². The number of ether oxygens (including phenoxy) is 1. The molecule has 0 aromatic carbocycles. The maximum Gasteiger partial charge on any atom is 0.434 e. The summed E-state index contributed by atoms with van der Waals surface area (Å²) in [5.41, 5.74) is -0.814. The zero-order chi connectivity index (χ0) is 11.1. The number of hydrogen-bond acceptors (Lipinski definition) is 2. The van der Waals surface area contributed by atoms with Gasteiger partial charge in [0.05, 0.1) is 19.3 Å². The molecule has 1 aliphatic rings. The van der Waals surface area contributed by atoms with Crippen molar-refractivity contribution in [2.45, 2.75) is 25.6 Å². The van der Waals surface area contributed by atoms with E-state index in [2.05, 4.69) is 4.98 Å². The van der Waals surface area contributed by atoms with E-state index in [0.29, 0.717) is 25.5 Å². The van der Waals surface area contributed by atoms with Crippen molar-refractivity contribution in [1.82, 2.24) is 9.55 Å². The van der Waals surface area contributed by atoms with E-state index in [1.165, 1.54) is 0 Å². The van der Waals surface area contributed by atoms with Gasteiger partial charge < -0.3 is 9.30 Å². The zero-order valence-corrected chi connectivity index (χ0v) is 8.21. The molecule has 0 aliphatic carbocycles. The van der Waals surface area contributed by atoms with Crippen LogP contribution in [-0.2, 0) is 17.3 Å². The molecule has 0 spiro atoms. The highest BCUT2D eigenvalue weighted by molar-refractivity contribution is 5.09. The Balaban J connectivity index is 2.32. The van der Waals surface area contributed by atoms with Crippen LogP contribution in [0.1, 0.15) is 24.5 Å². The highest BCUT2D eigenvalue weighted by Gasteiger charge is 2.36. The molecule has 15 heavy (non-hydrogen) atoms. The lowest BCUT2D eigenvalue weighted by Gasteiger charge is -2.28. The third kappa shape index (κ3) is 1.86. The lowest BCUT2D eigenvalue weighted by atomic mass is 10.2. The molecule has 84 valence electrons. The van der Waals surface area contributed by atoms with Crippen LogP contribution in [0.25, 0.3) is 0 Å². The first-order valence-corrected chi connectivity index (χ1v) is 4.75. The smallest absolute Gasteiger partial charge is 0.377 e. The number of nitrogens with zero attached hydrogens (tertiary/aromatic N) is 2. The molecule has 0 amide bonds. The van der Waals surface area contributed by atoms with E-state index in [0.717, 1.165) is 6.20 Å². The summed E-state index contributed by atoms with van der Waals surface area (Å²) in [7, 11) is 0. The SMILES string of the molecule is CCc1nc(C(F)(F)F)cn1C1COC1. The standard InChI is InChI=1S/C9H11F3N2O/c1-2-8-13-7(9(10,11)12)3-14(8)6-4-15-5-6/h3,6H,2,4-5H2,1H3. The minimum Gasteiger partial charge on any atom is -0.377 e. The van der Waals surface area contributed by atoms with Gasteiger partial charge in [-0.05, 0) is 0 Å². The Labute approximate surface area is 84.9 Å². The number of aromatic nitrogens is 2. The van der Waals surface area contributed by atoms with Crippen LogP contribution >= 0.6 is 0 Å². The summed E-state index contributed by atoms with van der Waals surface area (Å²) >= 11 is 0. The fraction of sp³-hybridized carbons (Fsp3) is 0.667. The topological polar surface area (TPSA) is 27.1 Å². The number of hydrogen-bond donors (Lipinski definition) is 0. The molecule has 2 heterocycles. The van der Waals surface area contributed by atoms with Crippen molar-refractivity contribution in [3.05, 3.63) is 17.7 Å². The predicted molar refractivity (Wildman–Crippen MR) is 46.5 cm³/mol. The van der Waals surface area contributed by atoms with Gasteiger partial charge in [0.1, 0.15) is 5.82 Å². The molecular formula is C9H11F3N2O. The van der Waals surface area contributed by atoms with Crippen LogP contribution < -0.4 is 0 Å². The second-order valence-electron chi connectivity index (χ2n) is 3.49. The van der Waals surface area contributed by atoms with Gasteiger partial charge in [0.25, 0.3) is 0 Å². The minimum absolute atomic E-state index is 0.0172. The van der Waals surface area contributed by atoms with Crippen LogP contribution in [0.4, 0.5) is 13.2 Å². The van der Waals surface area contributed by atoms with Gasteiger partial charge in [-0.2, -0.15) is 13.2 Å². The molecule has 0 N–H and O–H groups in total. The predicted octanol–water partition coefficient (Wildman–Crippen LogP) is 2.04. The van der Waals surface area contributed by atoms with Gasteiger partial charge in [-0.3, -0.25) is 0 Å². The number of halogens is 3. The van der Waals surface area contributed by atoms with Gasteiger partial charge in [0.15, 0.2) is 5.69 Å². The average molecular weight is 220 g/mol. The summed E-state index contributed by atoms with van der Waals surface area (Å²) in [6, 6.07) is 0.0172. The van der Waals surface area contributed by atoms with Crippen molar-refractivity contribution in [3.8, 4) is 0 Å². The summed E-state index contributed by atoms with van der Waals surface area (Å²) in [6.45, 7) is 2.74. The van der Waals surface area contributed by atoms with E-state index >= 15 is 0 Å². The largest absolute Gasteiger partial charge is 0.434 e. The molecule has 0 radical (unpaired) electrons. The molecule has 6 heteroatoms. The molecule has 1 aromatic heterocycles. The van der Waals surface area contributed by atoms with Crippen molar-refractivity contribution >= 4 is 0 Å². The second-order valence-corrected chi connectivity index (χ2v) is 3.49. The number of imidazole rings is 1. The molecule has 1 aromatic rings. The molecule has 1 saturated heterocycles. The van der Waals surface area contributed by atoms with Crippen molar-refractivity contribution in [3.63, 3.8) is 0 Å². The van der Waals surface area contributed by atoms with E-state index in [1.807, 2.05) is 0 Å². The Morgan fingerprint density at radius 1 is 1.53 bits per heavy atom. The Kier molecular flexibility index (Phi) is 2.46. The van der Waals surface area contributed by atoms with Crippen LogP contribution in [-0.4, -0.2) is 22.8 Å².